The van der Waals surface area contributed by atoms with Gasteiger partial charge in [-0.15, -0.1) is 0 Å². The molecule has 1 saturated heterocycles. The summed E-state index contributed by atoms with van der Waals surface area (Å²) < 4.78 is 5.57. The van der Waals surface area contributed by atoms with Gasteiger partial charge in [-0.25, -0.2) is 0 Å². The molecule has 1 aliphatic heterocycles. The lowest BCUT2D eigenvalue weighted by atomic mass is 9.85. The van der Waals surface area contributed by atoms with Crippen molar-refractivity contribution in [3.05, 3.63) is 11.7 Å². The van der Waals surface area contributed by atoms with Crippen LogP contribution in [0.25, 0.3) is 0 Å². The van der Waals surface area contributed by atoms with Gasteiger partial charge >= 0.3 is 0 Å². The average molecular weight is 279 g/mol. The van der Waals surface area contributed by atoms with Gasteiger partial charge in [-0.3, -0.25) is 4.90 Å². The van der Waals surface area contributed by atoms with Gasteiger partial charge in [-0.1, -0.05) is 11.6 Å². The molecule has 0 bridgehead atoms. The van der Waals surface area contributed by atoms with Crippen LogP contribution in [0.2, 0.25) is 0 Å². The number of nitrogens with two attached hydrogens (primary N) is 1. The molecule has 3 unspecified atom stereocenters. The molecule has 2 N–H and O–H groups in total. The third-order valence-corrected chi connectivity index (χ3v) is 5.11. The highest BCUT2D eigenvalue weighted by Crippen LogP contribution is 2.39. The summed E-state index contributed by atoms with van der Waals surface area (Å²) in [5.74, 6) is 1.52. The normalized spacial score (nSPS) is 36.6. The van der Waals surface area contributed by atoms with Crippen molar-refractivity contribution in [2.75, 3.05) is 33.7 Å². The van der Waals surface area contributed by atoms with Crippen LogP contribution in [-0.4, -0.2) is 59.7 Å². The number of nitrogens with zero attached hydrogens (tertiary/aromatic N) is 4. The summed E-state index contributed by atoms with van der Waals surface area (Å²) in [4.78, 5) is 9.30. The summed E-state index contributed by atoms with van der Waals surface area (Å²) in [6, 6.07) is 0.343. The van der Waals surface area contributed by atoms with Crippen LogP contribution in [0.4, 0.5) is 0 Å². The van der Waals surface area contributed by atoms with Gasteiger partial charge in [0.2, 0.25) is 5.89 Å². The Morgan fingerprint density at radius 2 is 2.15 bits per heavy atom. The Balaban J connectivity index is 1.83. The number of hydrogen-bond donors (Lipinski definition) is 1. The Kier molecular flexibility index (Phi) is 3.56. The van der Waals surface area contributed by atoms with Crippen LogP contribution >= 0.6 is 0 Å². The minimum atomic E-state index is -0.148. The molecular weight excluding hydrogens is 254 g/mol. The Labute approximate surface area is 120 Å². The zero-order valence-corrected chi connectivity index (χ0v) is 12.7. The first kappa shape index (κ1) is 14.0. The second kappa shape index (κ2) is 5.09. The van der Waals surface area contributed by atoms with E-state index < -0.39 is 0 Å². The summed E-state index contributed by atoms with van der Waals surface area (Å²) in [5.41, 5.74) is 6.09. The van der Waals surface area contributed by atoms with E-state index in [-0.39, 0.29) is 17.5 Å². The monoisotopic (exact) mass is 279 g/mol. The van der Waals surface area contributed by atoms with Gasteiger partial charge < -0.3 is 15.2 Å². The summed E-state index contributed by atoms with van der Waals surface area (Å²) >= 11 is 0. The lowest BCUT2D eigenvalue weighted by Crippen LogP contribution is -2.45. The van der Waals surface area contributed by atoms with Crippen molar-refractivity contribution in [1.82, 2.24) is 19.9 Å². The number of rotatable bonds is 2. The molecular formula is C14H25N5O. The van der Waals surface area contributed by atoms with Crippen molar-refractivity contribution in [3.8, 4) is 0 Å². The number of aromatic nitrogens is 2. The van der Waals surface area contributed by atoms with Gasteiger partial charge in [0.15, 0.2) is 5.82 Å². The highest BCUT2D eigenvalue weighted by molar-refractivity contribution is 5.13. The molecule has 0 amide bonds. The highest BCUT2D eigenvalue weighted by atomic mass is 16.5. The molecule has 0 radical (unpaired) electrons. The molecule has 112 valence electrons. The second-order valence-electron chi connectivity index (χ2n) is 6.63. The molecule has 0 spiro atoms. The van der Waals surface area contributed by atoms with Crippen LogP contribution in [-0.2, 0) is 5.41 Å². The van der Waals surface area contributed by atoms with Gasteiger partial charge in [0.05, 0.1) is 11.5 Å². The average Bonchev–Trinajstić information content (AvgIpc) is 3.02. The van der Waals surface area contributed by atoms with Crippen LogP contribution in [0.3, 0.4) is 0 Å². The van der Waals surface area contributed by atoms with Gasteiger partial charge in [-0.2, -0.15) is 4.98 Å². The Hall–Kier alpha value is -0.980. The summed E-state index contributed by atoms with van der Waals surface area (Å²) in [5, 5.41) is 4.24. The maximum atomic E-state index is 6.24. The van der Waals surface area contributed by atoms with Crippen molar-refractivity contribution in [2.45, 2.75) is 43.7 Å². The van der Waals surface area contributed by atoms with E-state index >= 15 is 0 Å². The second-order valence-corrected chi connectivity index (χ2v) is 6.63. The molecule has 2 fully saturated rings. The lowest BCUT2D eigenvalue weighted by molar-refractivity contribution is 0.108. The molecule has 2 heterocycles. The first-order valence-electron chi connectivity index (χ1n) is 7.49. The highest BCUT2D eigenvalue weighted by Gasteiger charge is 2.43. The van der Waals surface area contributed by atoms with Crippen molar-refractivity contribution in [1.29, 1.82) is 0 Å². The molecule has 1 aromatic rings. The third kappa shape index (κ3) is 2.25. The van der Waals surface area contributed by atoms with E-state index in [0.717, 1.165) is 50.6 Å². The third-order valence-electron chi connectivity index (χ3n) is 5.11. The van der Waals surface area contributed by atoms with Crippen molar-refractivity contribution in [2.24, 2.45) is 5.73 Å². The largest absolute Gasteiger partial charge is 0.339 e. The first-order chi connectivity index (χ1) is 9.50. The molecule has 6 heteroatoms. The molecule has 1 aliphatic carbocycles. The Morgan fingerprint density at radius 3 is 2.85 bits per heavy atom. The molecule has 2 aliphatic rings. The zero-order valence-electron chi connectivity index (χ0n) is 12.7. The van der Waals surface area contributed by atoms with E-state index in [1.165, 1.54) is 0 Å². The van der Waals surface area contributed by atoms with Crippen molar-refractivity contribution >= 4 is 0 Å². The predicted octanol–water partition coefficient (Wildman–Crippen LogP) is 0.757. The Bertz CT molecular complexity index is 476. The van der Waals surface area contributed by atoms with Crippen molar-refractivity contribution in [3.63, 3.8) is 0 Å². The smallest absolute Gasteiger partial charge is 0.234 e. The minimum Gasteiger partial charge on any atom is -0.339 e. The molecule has 1 saturated carbocycles. The van der Waals surface area contributed by atoms with E-state index in [0.29, 0.717) is 0 Å². The van der Waals surface area contributed by atoms with E-state index in [1.807, 2.05) is 0 Å². The molecule has 1 aromatic heterocycles. The molecule has 6 nitrogen and oxygen atoms in total. The maximum Gasteiger partial charge on any atom is 0.234 e. The SMILES string of the molecule is CN1CCN(C)C(c2noc(C3(C)CCCC3N)n2)C1. The van der Waals surface area contributed by atoms with Gasteiger partial charge in [0.1, 0.15) is 0 Å². The van der Waals surface area contributed by atoms with Crippen LogP contribution in [0.5, 0.6) is 0 Å². The quantitative estimate of drug-likeness (QED) is 0.861. The number of hydrogen-bond acceptors (Lipinski definition) is 6. The standard InChI is InChI=1S/C14H25N5O/c1-14(6-4-5-11(14)15)13-16-12(17-20-13)10-9-18(2)7-8-19(10)3/h10-11H,4-9,15H2,1-3H3. The lowest BCUT2D eigenvalue weighted by Gasteiger charge is -2.35. The van der Waals surface area contributed by atoms with E-state index in [9.17, 15) is 0 Å². The van der Waals surface area contributed by atoms with Crippen LogP contribution in [0, 0.1) is 0 Å². The molecule has 3 atom stereocenters. The first-order valence-corrected chi connectivity index (χ1v) is 7.49. The van der Waals surface area contributed by atoms with E-state index in [1.54, 1.807) is 0 Å². The van der Waals surface area contributed by atoms with E-state index in [4.69, 9.17) is 15.2 Å². The summed E-state index contributed by atoms with van der Waals surface area (Å²) in [7, 11) is 4.26. The van der Waals surface area contributed by atoms with Crippen LogP contribution in [0.15, 0.2) is 4.52 Å². The topological polar surface area (TPSA) is 71.4 Å². The fraction of sp³-hybridized carbons (Fsp3) is 0.857. The van der Waals surface area contributed by atoms with Crippen LogP contribution < -0.4 is 5.73 Å². The van der Waals surface area contributed by atoms with Crippen molar-refractivity contribution < 1.29 is 4.52 Å². The van der Waals surface area contributed by atoms with E-state index in [2.05, 4.69) is 36.0 Å². The minimum absolute atomic E-state index is 0.127. The fourth-order valence-electron chi connectivity index (χ4n) is 3.35. The zero-order chi connectivity index (χ0) is 14.3. The summed E-state index contributed by atoms with van der Waals surface area (Å²) in [6.07, 6.45) is 3.22. The Morgan fingerprint density at radius 1 is 1.35 bits per heavy atom. The van der Waals surface area contributed by atoms with Gasteiger partial charge in [-0.05, 0) is 33.9 Å². The molecule has 0 aromatic carbocycles. The fourth-order valence-corrected chi connectivity index (χ4v) is 3.35. The molecule has 3 rings (SSSR count). The van der Waals surface area contributed by atoms with Gasteiger partial charge in [0.25, 0.3) is 0 Å². The maximum absolute atomic E-state index is 6.24. The molecule has 20 heavy (non-hydrogen) atoms. The summed E-state index contributed by atoms with van der Waals surface area (Å²) in [6.45, 7) is 5.21. The van der Waals surface area contributed by atoms with Crippen LogP contribution in [0.1, 0.15) is 43.9 Å². The number of likely N-dealkylation sites (N-methyl/N-ethyl adjacent to an activating group) is 2. The predicted molar refractivity (Wildman–Crippen MR) is 76.3 cm³/mol. The number of piperazine rings is 1. The van der Waals surface area contributed by atoms with Gasteiger partial charge in [0, 0.05) is 25.7 Å².